The lowest BCUT2D eigenvalue weighted by molar-refractivity contribution is 0.630. The molecule has 0 N–H and O–H groups in total. The van der Waals surface area contributed by atoms with E-state index in [0.29, 0.717) is 0 Å². The lowest BCUT2D eigenvalue weighted by Gasteiger charge is -1.86. The Morgan fingerprint density at radius 2 is 2.30 bits per heavy atom. The van der Waals surface area contributed by atoms with Crippen LogP contribution >= 0.6 is 11.3 Å². The van der Waals surface area contributed by atoms with Crippen molar-refractivity contribution in [1.82, 2.24) is 0 Å². The first kappa shape index (κ1) is 5.86. The minimum atomic E-state index is -0.177. The van der Waals surface area contributed by atoms with Gasteiger partial charge in [-0.1, -0.05) is 6.07 Å². The van der Waals surface area contributed by atoms with E-state index in [1.54, 1.807) is 6.07 Å². The summed E-state index contributed by atoms with van der Waals surface area (Å²) >= 11 is 1.51. The van der Waals surface area contributed by atoms with Crippen molar-refractivity contribution >= 4 is 21.4 Å². The third-order valence-electron chi connectivity index (χ3n) is 1.34. The zero-order chi connectivity index (χ0) is 6.97. The van der Waals surface area contributed by atoms with Crippen LogP contribution in [-0.2, 0) is 0 Å². The molecule has 0 fully saturated rings. The summed E-state index contributed by atoms with van der Waals surface area (Å²) in [5.74, 6) is -0.177. The Kier molecular flexibility index (Phi) is 1.21. The SMILES string of the molecule is Fc1ccc2[c]csc2c1. The maximum atomic E-state index is 12.5. The van der Waals surface area contributed by atoms with E-state index >= 15 is 0 Å². The standard InChI is InChI=1S/C8H4FS/c9-7-2-1-6-3-4-10-8(6)5-7/h1-2,4-5H. The zero-order valence-corrected chi connectivity index (χ0v) is 5.91. The maximum absolute atomic E-state index is 12.5. The van der Waals surface area contributed by atoms with Crippen LogP contribution in [0.1, 0.15) is 0 Å². The Labute approximate surface area is 61.9 Å². The molecule has 0 spiro atoms. The Hall–Kier alpha value is -0.890. The predicted molar refractivity (Wildman–Crippen MR) is 40.6 cm³/mol. The highest BCUT2D eigenvalue weighted by molar-refractivity contribution is 7.17. The summed E-state index contributed by atoms with van der Waals surface area (Å²) in [5, 5.41) is 2.83. The molecule has 0 aliphatic heterocycles. The molecule has 0 atom stereocenters. The molecule has 0 nitrogen and oxygen atoms in total. The van der Waals surface area contributed by atoms with Crippen LogP contribution in [0.25, 0.3) is 10.1 Å². The first-order valence-electron chi connectivity index (χ1n) is 2.91. The number of fused-ring (bicyclic) bond motifs is 1. The van der Waals surface area contributed by atoms with Gasteiger partial charge in [-0.2, -0.15) is 0 Å². The van der Waals surface area contributed by atoms with Crippen molar-refractivity contribution in [2.24, 2.45) is 0 Å². The Morgan fingerprint density at radius 1 is 1.40 bits per heavy atom. The Balaban J connectivity index is 2.86. The average molecular weight is 151 g/mol. The van der Waals surface area contributed by atoms with Gasteiger partial charge < -0.3 is 0 Å². The van der Waals surface area contributed by atoms with Crippen LogP contribution in [0.4, 0.5) is 4.39 Å². The lowest BCUT2D eigenvalue weighted by atomic mass is 10.3. The summed E-state index contributed by atoms with van der Waals surface area (Å²) in [6.07, 6.45) is 0. The van der Waals surface area contributed by atoms with Crippen LogP contribution < -0.4 is 0 Å². The van der Waals surface area contributed by atoms with Crippen LogP contribution in [0.15, 0.2) is 23.6 Å². The molecular weight excluding hydrogens is 147 g/mol. The Bertz CT molecular complexity index is 351. The summed E-state index contributed by atoms with van der Waals surface area (Å²) in [6, 6.07) is 7.71. The molecule has 1 aromatic heterocycles. The number of thiophene rings is 1. The van der Waals surface area contributed by atoms with Gasteiger partial charge in [-0.05, 0) is 17.5 Å². The number of rotatable bonds is 0. The average Bonchev–Trinajstić information content (AvgIpc) is 2.33. The van der Waals surface area contributed by atoms with Gasteiger partial charge >= 0.3 is 0 Å². The number of benzene rings is 1. The lowest BCUT2D eigenvalue weighted by Crippen LogP contribution is -1.68. The van der Waals surface area contributed by atoms with E-state index in [9.17, 15) is 4.39 Å². The third kappa shape index (κ3) is 0.809. The van der Waals surface area contributed by atoms with Gasteiger partial charge in [0.2, 0.25) is 0 Å². The van der Waals surface area contributed by atoms with Crippen molar-refractivity contribution in [3.05, 3.63) is 35.5 Å². The van der Waals surface area contributed by atoms with E-state index in [1.807, 2.05) is 5.38 Å². The highest BCUT2D eigenvalue weighted by atomic mass is 32.1. The van der Waals surface area contributed by atoms with Crippen molar-refractivity contribution in [2.45, 2.75) is 0 Å². The zero-order valence-electron chi connectivity index (χ0n) is 5.10. The fourth-order valence-electron chi connectivity index (χ4n) is 0.869. The summed E-state index contributed by atoms with van der Waals surface area (Å²) < 4.78 is 13.5. The van der Waals surface area contributed by atoms with Crippen molar-refractivity contribution in [2.75, 3.05) is 0 Å². The second kappa shape index (κ2) is 2.06. The van der Waals surface area contributed by atoms with E-state index in [-0.39, 0.29) is 5.82 Å². The van der Waals surface area contributed by atoms with Gasteiger partial charge in [0.05, 0.1) is 0 Å². The summed E-state index contributed by atoms with van der Waals surface area (Å²) in [4.78, 5) is 0. The van der Waals surface area contributed by atoms with Gasteiger partial charge in [-0.3, -0.25) is 0 Å². The van der Waals surface area contributed by atoms with Gasteiger partial charge in [0.15, 0.2) is 0 Å². The van der Waals surface area contributed by atoms with E-state index in [4.69, 9.17) is 0 Å². The van der Waals surface area contributed by atoms with Crippen LogP contribution in [0.2, 0.25) is 0 Å². The molecule has 0 aliphatic carbocycles. The van der Waals surface area contributed by atoms with Crippen LogP contribution in [0.5, 0.6) is 0 Å². The third-order valence-corrected chi connectivity index (χ3v) is 2.17. The Morgan fingerprint density at radius 3 is 3.20 bits per heavy atom. The van der Waals surface area contributed by atoms with Crippen LogP contribution in [-0.4, -0.2) is 0 Å². The van der Waals surface area contributed by atoms with Crippen LogP contribution in [0, 0.1) is 11.9 Å². The summed E-state index contributed by atoms with van der Waals surface area (Å²) in [5.41, 5.74) is 0. The molecule has 2 aromatic rings. The molecule has 1 radical (unpaired) electrons. The van der Waals surface area contributed by atoms with Crippen LogP contribution in [0.3, 0.4) is 0 Å². The highest BCUT2D eigenvalue weighted by Crippen LogP contribution is 2.20. The molecule has 0 saturated carbocycles. The number of hydrogen-bond acceptors (Lipinski definition) is 1. The van der Waals surface area contributed by atoms with Crippen molar-refractivity contribution in [1.29, 1.82) is 0 Å². The molecule has 10 heavy (non-hydrogen) atoms. The van der Waals surface area contributed by atoms with E-state index in [2.05, 4.69) is 6.07 Å². The van der Waals surface area contributed by atoms with E-state index in [1.165, 1.54) is 23.5 Å². The summed E-state index contributed by atoms with van der Waals surface area (Å²) in [6.45, 7) is 0. The molecule has 0 amide bonds. The second-order valence-corrected chi connectivity index (χ2v) is 2.93. The first-order chi connectivity index (χ1) is 4.86. The quantitative estimate of drug-likeness (QED) is 0.543. The summed E-state index contributed by atoms with van der Waals surface area (Å²) in [7, 11) is 0. The van der Waals surface area contributed by atoms with Gasteiger partial charge in [-0.15, -0.1) is 11.3 Å². The van der Waals surface area contributed by atoms with Gasteiger partial charge in [0.1, 0.15) is 5.82 Å². The molecule has 0 unspecified atom stereocenters. The fraction of sp³-hybridized carbons (Fsp3) is 0. The largest absolute Gasteiger partial charge is 0.207 e. The first-order valence-corrected chi connectivity index (χ1v) is 3.79. The number of hydrogen-bond donors (Lipinski definition) is 0. The van der Waals surface area contributed by atoms with Crippen molar-refractivity contribution < 1.29 is 4.39 Å². The molecule has 2 rings (SSSR count). The minimum Gasteiger partial charge on any atom is -0.207 e. The normalized spacial score (nSPS) is 10.5. The smallest absolute Gasteiger partial charge is 0.124 e. The molecule has 2 heteroatoms. The topological polar surface area (TPSA) is 0 Å². The molecule has 1 heterocycles. The molecule has 0 aliphatic rings. The fourth-order valence-corrected chi connectivity index (χ4v) is 1.62. The molecule has 0 bridgehead atoms. The van der Waals surface area contributed by atoms with E-state index < -0.39 is 0 Å². The van der Waals surface area contributed by atoms with Gasteiger partial charge in [0.25, 0.3) is 0 Å². The molecule has 0 saturated heterocycles. The molecule has 49 valence electrons. The second-order valence-electron chi connectivity index (χ2n) is 2.02. The van der Waals surface area contributed by atoms with Gasteiger partial charge in [-0.25, -0.2) is 4.39 Å². The van der Waals surface area contributed by atoms with E-state index in [0.717, 1.165) is 10.1 Å². The molecule has 1 aromatic carbocycles. The molecular formula is C8H4FS. The minimum absolute atomic E-state index is 0.177. The van der Waals surface area contributed by atoms with Gasteiger partial charge in [0, 0.05) is 16.2 Å². The van der Waals surface area contributed by atoms with Crippen molar-refractivity contribution in [3.8, 4) is 0 Å². The predicted octanol–water partition coefficient (Wildman–Crippen LogP) is 2.84. The monoisotopic (exact) mass is 151 g/mol. The van der Waals surface area contributed by atoms with Crippen molar-refractivity contribution in [3.63, 3.8) is 0 Å². The maximum Gasteiger partial charge on any atom is 0.124 e. The number of halogens is 1. The highest BCUT2D eigenvalue weighted by Gasteiger charge is 1.94.